The predicted octanol–water partition coefficient (Wildman–Crippen LogP) is 4.26. The van der Waals surface area contributed by atoms with Crippen LogP contribution >= 0.6 is 11.8 Å². The average Bonchev–Trinajstić information content (AvgIpc) is 3.37. The highest BCUT2D eigenvalue weighted by molar-refractivity contribution is 7.98. The number of hydrogen-bond acceptors (Lipinski definition) is 6. The van der Waals surface area contributed by atoms with Gasteiger partial charge in [-0.2, -0.15) is 5.26 Å². The summed E-state index contributed by atoms with van der Waals surface area (Å²) in [5, 5.41) is 9.85. The second-order valence-corrected chi connectivity index (χ2v) is 7.11. The highest BCUT2D eigenvalue weighted by atomic mass is 32.2. The van der Waals surface area contributed by atoms with Crippen LogP contribution < -0.4 is 9.64 Å². The summed E-state index contributed by atoms with van der Waals surface area (Å²) in [6.45, 7) is 2.76. The molecule has 0 atom stereocenters. The third-order valence-electron chi connectivity index (χ3n) is 4.14. The molecular formula is C21H22N4O3S. The average molecular weight is 410 g/mol. The molecule has 3 aromatic rings. The number of nitrogens with zero attached hydrogens (tertiary/aromatic N) is 4. The number of amides is 1. The summed E-state index contributed by atoms with van der Waals surface area (Å²) in [4.78, 5) is 18.8. The molecular weight excluding hydrogens is 388 g/mol. The van der Waals surface area contributed by atoms with Gasteiger partial charge in [0.25, 0.3) is 5.91 Å². The number of furan rings is 1. The number of ether oxygens (including phenoxy) is 1. The molecule has 7 nitrogen and oxygen atoms in total. The lowest BCUT2D eigenvalue weighted by atomic mass is 10.2. The van der Waals surface area contributed by atoms with Crippen LogP contribution in [0.4, 0.5) is 5.69 Å². The number of aryl methyl sites for hydroxylation is 1. The molecule has 8 heteroatoms. The maximum absolute atomic E-state index is 13.0. The van der Waals surface area contributed by atoms with E-state index in [2.05, 4.69) is 11.1 Å². The van der Waals surface area contributed by atoms with Crippen LogP contribution in [0.15, 0.2) is 58.4 Å². The number of aromatic nitrogens is 2. The van der Waals surface area contributed by atoms with Crippen LogP contribution in [-0.4, -0.2) is 28.6 Å². The third kappa shape index (κ3) is 5.21. The number of imidazole rings is 1. The van der Waals surface area contributed by atoms with Gasteiger partial charge in [-0.3, -0.25) is 4.79 Å². The van der Waals surface area contributed by atoms with Crippen LogP contribution in [0.25, 0.3) is 0 Å². The van der Waals surface area contributed by atoms with E-state index in [0.29, 0.717) is 23.8 Å². The van der Waals surface area contributed by atoms with Crippen molar-refractivity contribution < 1.29 is 13.9 Å². The highest BCUT2D eigenvalue weighted by Gasteiger charge is 2.21. The molecule has 0 fully saturated rings. The minimum absolute atomic E-state index is 0.224. The predicted molar refractivity (Wildman–Crippen MR) is 111 cm³/mol. The van der Waals surface area contributed by atoms with E-state index in [1.54, 1.807) is 35.4 Å². The summed E-state index contributed by atoms with van der Waals surface area (Å²) in [7, 11) is 1.93. The molecule has 0 radical (unpaired) electrons. The van der Waals surface area contributed by atoms with Crippen LogP contribution in [0, 0.1) is 11.3 Å². The lowest BCUT2D eigenvalue weighted by Crippen LogP contribution is -2.31. The van der Waals surface area contributed by atoms with Crippen molar-refractivity contribution in [2.45, 2.75) is 24.3 Å². The first-order chi connectivity index (χ1) is 14.1. The molecule has 0 N–H and O–H groups in total. The molecule has 0 aliphatic heterocycles. The molecule has 0 aliphatic rings. The van der Waals surface area contributed by atoms with Crippen molar-refractivity contribution in [1.29, 1.82) is 5.26 Å². The van der Waals surface area contributed by atoms with E-state index >= 15 is 0 Å². The lowest BCUT2D eigenvalue weighted by Gasteiger charge is -2.21. The zero-order chi connectivity index (χ0) is 20.6. The largest absolute Gasteiger partial charge is 0.494 e. The van der Waals surface area contributed by atoms with Crippen LogP contribution in [0.1, 0.15) is 29.7 Å². The Hall–Kier alpha value is -3.18. The van der Waals surface area contributed by atoms with E-state index in [-0.39, 0.29) is 24.6 Å². The van der Waals surface area contributed by atoms with E-state index in [1.807, 2.05) is 36.9 Å². The van der Waals surface area contributed by atoms with Gasteiger partial charge in [0.1, 0.15) is 11.5 Å². The van der Waals surface area contributed by atoms with Crippen LogP contribution in [0.5, 0.6) is 5.75 Å². The molecule has 0 saturated heterocycles. The van der Waals surface area contributed by atoms with Gasteiger partial charge in [0.2, 0.25) is 0 Å². The molecule has 2 heterocycles. The smallest absolute Gasteiger partial charge is 0.294 e. The quantitative estimate of drug-likeness (QED) is 0.490. The molecule has 0 spiro atoms. The molecule has 1 aromatic carbocycles. The number of carbonyl (C=O) groups is 1. The zero-order valence-corrected chi connectivity index (χ0v) is 17.2. The molecule has 2 aromatic heterocycles. The third-order valence-corrected chi connectivity index (χ3v) is 5.23. The Balaban J connectivity index is 1.73. The monoisotopic (exact) mass is 410 g/mol. The van der Waals surface area contributed by atoms with Gasteiger partial charge >= 0.3 is 0 Å². The SMILES string of the molecule is CCOc1ccc(N(CCC#N)C(=O)c2ccc(CSc3nccn3C)o2)cc1. The number of carbonyl (C=O) groups excluding carboxylic acids is 1. The Morgan fingerprint density at radius 2 is 2.10 bits per heavy atom. The molecule has 0 bridgehead atoms. The highest BCUT2D eigenvalue weighted by Crippen LogP contribution is 2.25. The minimum Gasteiger partial charge on any atom is -0.494 e. The summed E-state index contributed by atoms with van der Waals surface area (Å²) in [5.74, 6) is 1.95. The fraction of sp³-hybridized carbons (Fsp3) is 0.286. The van der Waals surface area contributed by atoms with Crippen molar-refractivity contribution in [3.8, 4) is 11.8 Å². The van der Waals surface area contributed by atoms with Crippen LogP contribution in [-0.2, 0) is 12.8 Å². The van der Waals surface area contributed by atoms with Gasteiger partial charge in [-0.25, -0.2) is 4.98 Å². The maximum Gasteiger partial charge on any atom is 0.294 e. The molecule has 0 aliphatic carbocycles. The van der Waals surface area contributed by atoms with Crippen LogP contribution in [0.2, 0.25) is 0 Å². The first-order valence-electron chi connectivity index (χ1n) is 9.23. The topological polar surface area (TPSA) is 84.3 Å². The molecule has 0 saturated carbocycles. The van der Waals surface area contributed by atoms with Gasteiger partial charge in [-0.15, -0.1) is 0 Å². The maximum atomic E-state index is 13.0. The lowest BCUT2D eigenvalue weighted by molar-refractivity contribution is 0.0959. The van der Waals surface area contributed by atoms with Crippen molar-refractivity contribution in [3.63, 3.8) is 0 Å². The van der Waals surface area contributed by atoms with E-state index in [4.69, 9.17) is 14.4 Å². The molecule has 3 rings (SSSR count). The van der Waals surface area contributed by atoms with Gasteiger partial charge in [0, 0.05) is 31.7 Å². The first-order valence-corrected chi connectivity index (χ1v) is 10.2. The number of rotatable bonds is 9. The summed E-state index contributed by atoms with van der Waals surface area (Å²) in [6.07, 6.45) is 3.84. The Morgan fingerprint density at radius 1 is 1.31 bits per heavy atom. The molecule has 1 amide bonds. The number of benzene rings is 1. The second kappa shape index (κ2) is 9.85. The van der Waals surface area contributed by atoms with Crippen molar-refractivity contribution in [3.05, 3.63) is 60.3 Å². The van der Waals surface area contributed by atoms with Crippen molar-refractivity contribution in [2.75, 3.05) is 18.1 Å². The summed E-state index contributed by atoms with van der Waals surface area (Å²) < 4.78 is 13.2. The Morgan fingerprint density at radius 3 is 2.76 bits per heavy atom. The minimum atomic E-state index is -0.280. The summed E-state index contributed by atoms with van der Waals surface area (Å²) >= 11 is 1.53. The number of anilines is 1. The van der Waals surface area contributed by atoms with Crippen molar-refractivity contribution >= 4 is 23.4 Å². The van der Waals surface area contributed by atoms with Crippen molar-refractivity contribution in [1.82, 2.24) is 9.55 Å². The van der Waals surface area contributed by atoms with Gasteiger partial charge in [0.15, 0.2) is 10.9 Å². The zero-order valence-electron chi connectivity index (χ0n) is 16.4. The van der Waals surface area contributed by atoms with Gasteiger partial charge in [-0.1, -0.05) is 11.8 Å². The number of nitriles is 1. The van der Waals surface area contributed by atoms with Gasteiger partial charge in [0.05, 0.1) is 24.8 Å². The number of hydrogen-bond donors (Lipinski definition) is 0. The molecule has 0 unspecified atom stereocenters. The van der Waals surface area contributed by atoms with E-state index in [0.717, 1.165) is 10.9 Å². The fourth-order valence-electron chi connectivity index (χ4n) is 2.73. The second-order valence-electron chi connectivity index (χ2n) is 6.17. The first kappa shape index (κ1) is 20.6. The molecule has 29 heavy (non-hydrogen) atoms. The van der Waals surface area contributed by atoms with Gasteiger partial charge < -0.3 is 18.6 Å². The van der Waals surface area contributed by atoms with E-state index in [9.17, 15) is 4.79 Å². The van der Waals surface area contributed by atoms with Crippen LogP contribution in [0.3, 0.4) is 0 Å². The number of thioether (sulfide) groups is 1. The normalized spacial score (nSPS) is 10.5. The fourth-order valence-corrected chi connectivity index (χ4v) is 3.56. The summed E-state index contributed by atoms with van der Waals surface area (Å²) in [5.41, 5.74) is 0.689. The van der Waals surface area contributed by atoms with Crippen molar-refractivity contribution in [2.24, 2.45) is 7.05 Å². The van der Waals surface area contributed by atoms with Gasteiger partial charge in [-0.05, 0) is 43.3 Å². The Labute approximate surface area is 173 Å². The standard InChI is InChI=1S/C21H22N4O3S/c1-3-27-17-7-5-16(6-8-17)25(13-4-11-22)20(26)19-10-9-18(28-19)15-29-21-23-12-14-24(21)2/h5-10,12,14H,3-4,13,15H2,1-2H3. The van der Waals surface area contributed by atoms with E-state index < -0.39 is 0 Å². The Bertz CT molecular complexity index is 988. The summed E-state index contributed by atoms with van der Waals surface area (Å²) in [6, 6.07) is 12.8. The Kier molecular flexibility index (Phi) is 6.98. The molecule has 150 valence electrons. The van der Waals surface area contributed by atoms with E-state index in [1.165, 1.54) is 11.8 Å².